The van der Waals surface area contributed by atoms with E-state index in [9.17, 15) is 9.59 Å². The number of rotatable bonds is 4. The molecule has 140 valence electrons. The van der Waals surface area contributed by atoms with Gasteiger partial charge in [0.1, 0.15) is 22.1 Å². The molecule has 7 nitrogen and oxygen atoms in total. The first-order valence-electron chi connectivity index (χ1n) is 8.19. The standard InChI is InChI=1S/C12H16ClN3O2.C5H10O2/c1-2-18-12(17)9-3-4-10(13)15-11(9)16-7-5-14-6-8-16;1-5(2,3)7-4-6/h3-4,14H,2,5-8H2,1H3;4H,1-3H3. The maximum absolute atomic E-state index is 11.9. The highest BCUT2D eigenvalue weighted by molar-refractivity contribution is 6.29. The van der Waals surface area contributed by atoms with E-state index in [1.165, 1.54) is 0 Å². The van der Waals surface area contributed by atoms with Crippen LogP contribution in [0, 0.1) is 0 Å². The molecule has 1 aliphatic heterocycles. The number of nitrogens with zero attached hydrogens (tertiary/aromatic N) is 2. The molecule has 8 heteroatoms. The number of esters is 1. The Morgan fingerprint density at radius 1 is 1.36 bits per heavy atom. The summed E-state index contributed by atoms with van der Waals surface area (Å²) >= 11 is 5.91. The zero-order chi connectivity index (χ0) is 18.9. The number of ether oxygens (including phenoxy) is 2. The van der Waals surface area contributed by atoms with Gasteiger partial charge in [-0.2, -0.15) is 0 Å². The lowest BCUT2D eigenvalue weighted by Crippen LogP contribution is -2.44. The van der Waals surface area contributed by atoms with Gasteiger partial charge in [0, 0.05) is 26.2 Å². The summed E-state index contributed by atoms with van der Waals surface area (Å²) in [6.07, 6.45) is 0. The van der Waals surface area contributed by atoms with Crippen molar-refractivity contribution in [3.63, 3.8) is 0 Å². The van der Waals surface area contributed by atoms with Crippen LogP contribution in [0.2, 0.25) is 5.15 Å². The van der Waals surface area contributed by atoms with Crippen molar-refractivity contribution in [2.75, 3.05) is 37.7 Å². The van der Waals surface area contributed by atoms with Gasteiger partial charge in [-0.05, 0) is 39.8 Å². The number of anilines is 1. The van der Waals surface area contributed by atoms with Crippen LogP contribution in [0.25, 0.3) is 0 Å². The number of aromatic nitrogens is 1. The quantitative estimate of drug-likeness (QED) is 0.494. The minimum Gasteiger partial charge on any atom is -0.462 e. The lowest BCUT2D eigenvalue weighted by atomic mass is 10.2. The van der Waals surface area contributed by atoms with Crippen LogP contribution in [0.4, 0.5) is 5.82 Å². The van der Waals surface area contributed by atoms with Crippen LogP contribution >= 0.6 is 11.6 Å². The average molecular weight is 372 g/mol. The fraction of sp³-hybridized carbons (Fsp3) is 0.588. The molecule has 0 bridgehead atoms. The first-order chi connectivity index (χ1) is 11.8. The highest BCUT2D eigenvalue weighted by Crippen LogP contribution is 2.22. The Kier molecular flexibility index (Phi) is 8.65. The van der Waals surface area contributed by atoms with E-state index in [-0.39, 0.29) is 11.6 Å². The lowest BCUT2D eigenvalue weighted by Gasteiger charge is -2.29. The minimum atomic E-state index is -0.352. The number of carbonyl (C=O) groups excluding carboxylic acids is 2. The molecule has 1 fully saturated rings. The third kappa shape index (κ3) is 7.70. The molecule has 0 saturated carbocycles. The molecule has 1 N–H and O–H groups in total. The molecule has 1 aliphatic rings. The fourth-order valence-electron chi connectivity index (χ4n) is 2.06. The maximum atomic E-state index is 11.9. The van der Waals surface area contributed by atoms with Crippen molar-refractivity contribution in [1.29, 1.82) is 0 Å². The highest BCUT2D eigenvalue weighted by Gasteiger charge is 2.21. The number of nitrogens with one attached hydrogen (secondary N) is 1. The zero-order valence-electron chi connectivity index (χ0n) is 15.2. The lowest BCUT2D eigenvalue weighted by molar-refractivity contribution is -0.138. The molecule has 0 radical (unpaired) electrons. The van der Waals surface area contributed by atoms with E-state index >= 15 is 0 Å². The molecule has 1 saturated heterocycles. The normalized spacial score (nSPS) is 14.2. The summed E-state index contributed by atoms with van der Waals surface area (Å²) in [4.78, 5) is 27.8. The van der Waals surface area contributed by atoms with Crippen molar-refractivity contribution in [2.24, 2.45) is 0 Å². The summed E-state index contributed by atoms with van der Waals surface area (Å²) in [6, 6.07) is 3.28. The molecule has 2 rings (SSSR count). The van der Waals surface area contributed by atoms with E-state index in [2.05, 4.69) is 19.9 Å². The summed E-state index contributed by atoms with van der Waals surface area (Å²) in [6.45, 7) is 11.4. The largest absolute Gasteiger partial charge is 0.462 e. The van der Waals surface area contributed by atoms with Crippen LogP contribution in [-0.4, -0.2) is 55.8 Å². The van der Waals surface area contributed by atoms with Crippen molar-refractivity contribution < 1.29 is 19.1 Å². The first-order valence-corrected chi connectivity index (χ1v) is 8.57. The van der Waals surface area contributed by atoms with E-state index in [0.29, 0.717) is 29.6 Å². The Morgan fingerprint density at radius 2 is 2.00 bits per heavy atom. The van der Waals surface area contributed by atoms with Gasteiger partial charge < -0.3 is 19.7 Å². The van der Waals surface area contributed by atoms with Crippen LogP contribution in [-0.2, 0) is 14.3 Å². The van der Waals surface area contributed by atoms with Gasteiger partial charge in [-0.1, -0.05) is 11.6 Å². The Labute approximate surface area is 153 Å². The predicted molar refractivity (Wildman–Crippen MR) is 97.2 cm³/mol. The van der Waals surface area contributed by atoms with Crippen LogP contribution in [0.1, 0.15) is 38.1 Å². The number of carbonyl (C=O) groups is 2. The van der Waals surface area contributed by atoms with Crippen LogP contribution < -0.4 is 10.2 Å². The average Bonchev–Trinajstić information content (AvgIpc) is 2.55. The molecule has 1 aromatic heterocycles. The Balaban J connectivity index is 0.000000381. The summed E-state index contributed by atoms with van der Waals surface area (Å²) in [7, 11) is 0. The van der Waals surface area contributed by atoms with Crippen molar-refractivity contribution in [2.45, 2.75) is 33.3 Å². The smallest absolute Gasteiger partial charge is 0.341 e. The van der Waals surface area contributed by atoms with Gasteiger partial charge in [-0.15, -0.1) is 0 Å². The summed E-state index contributed by atoms with van der Waals surface area (Å²) < 4.78 is 9.58. The summed E-state index contributed by atoms with van der Waals surface area (Å²) in [5, 5.41) is 3.64. The Bertz CT molecular complexity index is 570. The second kappa shape index (κ2) is 10.2. The highest BCUT2D eigenvalue weighted by atomic mass is 35.5. The van der Waals surface area contributed by atoms with Gasteiger partial charge in [-0.25, -0.2) is 9.78 Å². The second-order valence-electron chi connectivity index (χ2n) is 6.29. The molecule has 1 aromatic rings. The maximum Gasteiger partial charge on any atom is 0.341 e. The summed E-state index contributed by atoms with van der Waals surface area (Å²) in [5.41, 5.74) is 0.157. The van der Waals surface area contributed by atoms with Gasteiger partial charge in [0.2, 0.25) is 0 Å². The van der Waals surface area contributed by atoms with Gasteiger partial charge in [0.05, 0.1) is 6.61 Å². The molecule has 0 atom stereocenters. The van der Waals surface area contributed by atoms with Crippen molar-refractivity contribution in [1.82, 2.24) is 10.3 Å². The van der Waals surface area contributed by atoms with Gasteiger partial charge in [-0.3, -0.25) is 4.79 Å². The minimum absolute atomic E-state index is 0.318. The number of hydrogen-bond acceptors (Lipinski definition) is 7. The van der Waals surface area contributed by atoms with Crippen molar-refractivity contribution in [3.05, 3.63) is 22.8 Å². The van der Waals surface area contributed by atoms with Crippen molar-refractivity contribution in [3.8, 4) is 0 Å². The van der Waals surface area contributed by atoms with E-state index in [1.54, 1.807) is 19.1 Å². The Hall–Kier alpha value is -1.86. The first kappa shape index (κ1) is 21.2. The number of piperazine rings is 1. The van der Waals surface area contributed by atoms with Crippen molar-refractivity contribution >= 4 is 29.9 Å². The molecular weight excluding hydrogens is 346 g/mol. The SMILES string of the molecule is CC(C)(C)OC=O.CCOC(=O)c1ccc(Cl)nc1N1CCNCC1. The van der Waals surface area contributed by atoms with E-state index in [4.69, 9.17) is 16.3 Å². The molecule has 0 aromatic carbocycles. The third-order valence-corrected chi connectivity index (χ3v) is 3.37. The number of pyridine rings is 1. The van der Waals surface area contributed by atoms with Gasteiger partial charge >= 0.3 is 5.97 Å². The van der Waals surface area contributed by atoms with Gasteiger partial charge in [0.15, 0.2) is 0 Å². The number of hydrogen-bond donors (Lipinski definition) is 1. The monoisotopic (exact) mass is 371 g/mol. The van der Waals surface area contributed by atoms with Gasteiger partial charge in [0.25, 0.3) is 6.47 Å². The fourth-order valence-corrected chi connectivity index (χ4v) is 2.20. The number of halogens is 1. The predicted octanol–water partition coefficient (Wildman–Crippen LogP) is 2.28. The molecule has 0 unspecified atom stereocenters. The van der Waals surface area contributed by atoms with Crippen LogP contribution in [0.5, 0.6) is 0 Å². The van der Waals surface area contributed by atoms with Crippen LogP contribution in [0.3, 0.4) is 0 Å². The van der Waals surface area contributed by atoms with E-state index < -0.39 is 0 Å². The summed E-state index contributed by atoms with van der Waals surface area (Å²) in [5.74, 6) is 0.262. The Morgan fingerprint density at radius 3 is 2.48 bits per heavy atom. The molecule has 0 aliphatic carbocycles. The van der Waals surface area contributed by atoms with E-state index in [0.717, 1.165) is 26.2 Å². The third-order valence-electron chi connectivity index (χ3n) is 3.15. The van der Waals surface area contributed by atoms with Crippen LogP contribution in [0.15, 0.2) is 12.1 Å². The topological polar surface area (TPSA) is 80.8 Å². The van der Waals surface area contributed by atoms with E-state index in [1.807, 2.05) is 20.8 Å². The molecule has 0 spiro atoms. The second-order valence-corrected chi connectivity index (χ2v) is 6.68. The molecule has 2 heterocycles. The molecular formula is C17H26ClN3O4. The zero-order valence-corrected chi connectivity index (χ0v) is 15.9. The molecule has 25 heavy (non-hydrogen) atoms. The molecule has 0 amide bonds.